The van der Waals surface area contributed by atoms with Crippen LogP contribution < -0.4 is 5.32 Å². The maximum absolute atomic E-state index is 12.4. The summed E-state index contributed by atoms with van der Waals surface area (Å²) in [5.41, 5.74) is 3.93. The number of pyridine rings is 1. The molecule has 4 aromatic rings. The van der Waals surface area contributed by atoms with Gasteiger partial charge in [0.2, 0.25) is 11.7 Å². The Kier molecular flexibility index (Phi) is 4.93. The molecule has 2 aromatic heterocycles. The standard InChI is InChI=1S/C22H18N4O2/c1-15-11-12-17(14-23-15)21-25-22(28-26-21)18-9-5-6-10-19(18)24-20(27)13-16-7-3-2-4-8-16/h2-12,14H,13H2,1H3,(H,24,27). The highest BCUT2D eigenvalue weighted by molar-refractivity contribution is 5.95. The number of carbonyl (C=O) groups is 1. The van der Waals surface area contributed by atoms with Crippen molar-refractivity contribution in [1.29, 1.82) is 0 Å². The van der Waals surface area contributed by atoms with E-state index in [1.807, 2.05) is 73.7 Å². The molecule has 0 saturated carbocycles. The fourth-order valence-corrected chi connectivity index (χ4v) is 2.80. The summed E-state index contributed by atoms with van der Waals surface area (Å²) < 4.78 is 5.44. The van der Waals surface area contributed by atoms with Crippen LogP contribution in [0.2, 0.25) is 0 Å². The van der Waals surface area contributed by atoms with Gasteiger partial charge in [-0.15, -0.1) is 0 Å². The Hall–Kier alpha value is -3.80. The Labute approximate surface area is 162 Å². The second-order valence-corrected chi connectivity index (χ2v) is 6.37. The van der Waals surface area contributed by atoms with Crippen LogP contribution in [0.25, 0.3) is 22.8 Å². The Morgan fingerprint density at radius 3 is 2.57 bits per heavy atom. The van der Waals surface area contributed by atoms with Gasteiger partial charge in [0.25, 0.3) is 5.89 Å². The summed E-state index contributed by atoms with van der Waals surface area (Å²) in [6.07, 6.45) is 2.00. The van der Waals surface area contributed by atoms with Crippen LogP contribution in [0.1, 0.15) is 11.3 Å². The Bertz CT molecular complexity index is 1090. The normalized spacial score (nSPS) is 10.6. The lowest BCUT2D eigenvalue weighted by molar-refractivity contribution is -0.115. The lowest BCUT2D eigenvalue weighted by Crippen LogP contribution is -2.14. The molecule has 1 amide bonds. The molecule has 0 aliphatic rings. The second kappa shape index (κ2) is 7.84. The van der Waals surface area contributed by atoms with Gasteiger partial charge < -0.3 is 9.84 Å². The van der Waals surface area contributed by atoms with E-state index in [0.29, 0.717) is 29.4 Å². The number of amides is 1. The highest BCUT2D eigenvalue weighted by atomic mass is 16.5. The largest absolute Gasteiger partial charge is 0.334 e. The number of aromatic nitrogens is 3. The van der Waals surface area contributed by atoms with E-state index in [0.717, 1.165) is 16.8 Å². The molecule has 0 unspecified atom stereocenters. The van der Waals surface area contributed by atoms with E-state index in [1.54, 1.807) is 6.20 Å². The average molecular weight is 370 g/mol. The quantitative estimate of drug-likeness (QED) is 0.567. The van der Waals surface area contributed by atoms with Gasteiger partial charge in [-0.25, -0.2) is 0 Å². The lowest BCUT2D eigenvalue weighted by Gasteiger charge is -2.08. The molecule has 2 aromatic carbocycles. The van der Waals surface area contributed by atoms with Crippen molar-refractivity contribution in [3.05, 3.63) is 84.2 Å². The van der Waals surface area contributed by atoms with Gasteiger partial charge in [-0.1, -0.05) is 47.6 Å². The number of anilines is 1. The molecule has 138 valence electrons. The van der Waals surface area contributed by atoms with Gasteiger partial charge in [0.1, 0.15) is 0 Å². The highest BCUT2D eigenvalue weighted by Crippen LogP contribution is 2.28. The third-order valence-electron chi connectivity index (χ3n) is 4.23. The summed E-state index contributed by atoms with van der Waals surface area (Å²) in [7, 11) is 0. The third kappa shape index (κ3) is 3.96. The molecule has 0 aliphatic carbocycles. The van der Waals surface area contributed by atoms with E-state index in [-0.39, 0.29) is 5.91 Å². The molecule has 2 heterocycles. The Balaban J connectivity index is 1.56. The zero-order chi connectivity index (χ0) is 19.3. The minimum absolute atomic E-state index is 0.110. The summed E-state index contributed by atoms with van der Waals surface area (Å²) in [6, 6.07) is 20.7. The number of nitrogens with one attached hydrogen (secondary N) is 1. The highest BCUT2D eigenvalue weighted by Gasteiger charge is 2.15. The number of benzene rings is 2. The van der Waals surface area contributed by atoms with Gasteiger partial charge in [0, 0.05) is 17.5 Å². The van der Waals surface area contributed by atoms with Gasteiger partial charge in [0.05, 0.1) is 17.7 Å². The third-order valence-corrected chi connectivity index (χ3v) is 4.23. The zero-order valence-corrected chi connectivity index (χ0v) is 15.3. The maximum Gasteiger partial charge on any atom is 0.260 e. The van der Waals surface area contributed by atoms with Gasteiger partial charge in [0.15, 0.2) is 0 Å². The van der Waals surface area contributed by atoms with Gasteiger partial charge in [-0.05, 0) is 36.8 Å². The topological polar surface area (TPSA) is 80.9 Å². The van der Waals surface area contributed by atoms with Gasteiger partial charge in [-0.3, -0.25) is 9.78 Å². The predicted molar refractivity (Wildman–Crippen MR) is 106 cm³/mol. The van der Waals surface area contributed by atoms with Crippen LogP contribution in [0.5, 0.6) is 0 Å². The first-order valence-corrected chi connectivity index (χ1v) is 8.89. The van der Waals surface area contributed by atoms with Crippen LogP contribution in [-0.4, -0.2) is 21.0 Å². The number of hydrogen-bond acceptors (Lipinski definition) is 5. The predicted octanol–water partition coefficient (Wildman–Crippen LogP) is 4.29. The van der Waals surface area contributed by atoms with Crippen molar-refractivity contribution in [3.8, 4) is 22.8 Å². The van der Waals surface area contributed by atoms with Crippen LogP contribution in [0.15, 0.2) is 77.4 Å². The fraction of sp³-hybridized carbons (Fsp3) is 0.0909. The molecule has 28 heavy (non-hydrogen) atoms. The molecule has 0 fully saturated rings. The van der Waals surface area contributed by atoms with E-state index in [4.69, 9.17) is 4.52 Å². The average Bonchev–Trinajstić information content (AvgIpc) is 3.19. The molecule has 0 spiro atoms. The van der Waals surface area contributed by atoms with Crippen molar-refractivity contribution in [2.24, 2.45) is 0 Å². The molecule has 0 atom stereocenters. The molecule has 4 rings (SSSR count). The molecule has 0 aliphatic heterocycles. The monoisotopic (exact) mass is 370 g/mol. The minimum atomic E-state index is -0.110. The fourth-order valence-electron chi connectivity index (χ4n) is 2.80. The Morgan fingerprint density at radius 1 is 1.00 bits per heavy atom. The van der Waals surface area contributed by atoms with Crippen molar-refractivity contribution in [3.63, 3.8) is 0 Å². The van der Waals surface area contributed by atoms with Crippen LogP contribution in [0.4, 0.5) is 5.69 Å². The summed E-state index contributed by atoms with van der Waals surface area (Å²) in [5.74, 6) is 0.681. The van der Waals surface area contributed by atoms with E-state index in [1.165, 1.54) is 0 Å². The first kappa shape index (κ1) is 17.6. The maximum atomic E-state index is 12.4. The van der Waals surface area contributed by atoms with Crippen LogP contribution in [-0.2, 0) is 11.2 Å². The van der Waals surface area contributed by atoms with Crippen molar-refractivity contribution in [1.82, 2.24) is 15.1 Å². The van der Waals surface area contributed by atoms with Gasteiger partial charge >= 0.3 is 0 Å². The van der Waals surface area contributed by atoms with Crippen molar-refractivity contribution < 1.29 is 9.32 Å². The number of para-hydroxylation sites is 1. The Morgan fingerprint density at radius 2 is 1.79 bits per heavy atom. The van der Waals surface area contributed by atoms with E-state index in [2.05, 4.69) is 20.4 Å². The van der Waals surface area contributed by atoms with Crippen LogP contribution >= 0.6 is 0 Å². The first-order chi connectivity index (χ1) is 13.7. The summed E-state index contributed by atoms with van der Waals surface area (Å²) in [4.78, 5) is 21.2. The van der Waals surface area contributed by atoms with E-state index in [9.17, 15) is 4.79 Å². The SMILES string of the molecule is Cc1ccc(-c2noc(-c3ccccc3NC(=O)Cc3ccccc3)n2)cn1. The van der Waals surface area contributed by atoms with Gasteiger partial charge in [-0.2, -0.15) is 4.98 Å². The number of nitrogens with zero attached hydrogens (tertiary/aromatic N) is 3. The molecular formula is C22H18N4O2. The lowest BCUT2D eigenvalue weighted by atomic mass is 10.1. The van der Waals surface area contributed by atoms with Crippen molar-refractivity contribution in [2.75, 3.05) is 5.32 Å². The number of hydrogen-bond donors (Lipinski definition) is 1. The second-order valence-electron chi connectivity index (χ2n) is 6.37. The minimum Gasteiger partial charge on any atom is -0.334 e. The molecular weight excluding hydrogens is 352 g/mol. The van der Waals surface area contributed by atoms with Crippen LogP contribution in [0, 0.1) is 6.92 Å². The summed E-state index contributed by atoms with van der Waals surface area (Å²) >= 11 is 0. The zero-order valence-electron chi connectivity index (χ0n) is 15.3. The number of carbonyl (C=O) groups excluding carboxylic acids is 1. The van der Waals surface area contributed by atoms with Crippen molar-refractivity contribution in [2.45, 2.75) is 13.3 Å². The molecule has 0 saturated heterocycles. The summed E-state index contributed by atoms with van der Waals surface area (Å²) in [5, 5.41) is 6.98. The molecule has 6 nitrogen and oxygen atoms in total. The number of rotatable bonds is 5. The number of aryl methyl sites for hydroxylation is 1. The molecule has 6 heteroatoms. The first-order valence-electron chi connectivity index (χ1n) is 8.89. The van der Waals surface area contributed by atoms with E-state index >= 15 is 0 Å². The molecule has 1 N–H and O–H groups in total. The molecule has 0 radical (unpaired) electrons. The molecule has 0 bridgehead atoms. The van der Waals surface area contributed by atoms with Crippen molar-refractivity contribution >= 4 is 11.6 Å². The smallest absolute Gasteiger partial charge is 0.260 e. The van der Waals surface area contributed by atoms with Crippen LogP contribution in [0.3, 0.4) is 0 Å². The van der Waals surface area contributed by atoms with E-state index < -0.39 is 0 Å². The summed E-state index contributed by atoms with van der Waals surface area (Å²) in [6.45, 7) is 1.92.